The molecule has 2 rings (SSSR count). The third kappa shape index (κ3) is 2.49. The highest BCUT2D eigenvalue weighted by Gasteiger charge is 2.39. The molecule has 1 aliphatic heterocycles. The minimum absolute atomic E-state index is 0.303. The van der Waals surface area contributed by atoms with E-state index in [4.69, 9.17) is 10.5 Å². The van der Waals surface area contributed by atoms with Crippen LogP contribution in [0.4, 0.5) is 4.39 Å². The molecule has 0 amide bonds. The summed E-state index contributed by atoms with van der Waals surface area (Å²) in [4.78, 5) is 0. The Morgan fingerprint density at radius 1 is 1.41 bits per heavy atom. The van der Waals surface area contributed by atoms with Gasteiger partial charge in [-0.05, 0) is 30.5 Å². The number of hydrogen-bond donors (Lipinski definition) is 2. The van der Waals surface area contributed by atoms with Crippen molar-refractivity contribution >= 4 is 0 Å². The topological polar surface area (TPSA) is 55.5 Å². The Hall–Kier alpha value is -0.970. The SMILES string of the molecule is NCC1(C(O)c2ccc(F)cc2)CCCOC1. The largest absolute Gasteiger partial charge is 0.388 e. The number of aliphatic hydroxyl groups is 1. The first kappa shape index (κ1) is 12.5. The van der Waals surface area contributed by atoms with Crippen LogP contribution in [0.5, 0.6) is 0 Å². The van der Waals surface area contributed by atoms with Crippen LogP contribution in [-0.2, 0) is 4.74 Å². The van der Waals surface area contributed by atoms with Gasteiger partial charge in [-0.25, -0.2) is 4.39 Å². The normalized spacial score (nSPS) is 26.8. The Morgan fingerprint density at radius 2 is 2.12 bits per heavy atom. The highest BCUT2D eigenvalue weighted by Crippen LogP contribution is 2.39. The molecule has 3 N–H and O–H groups in total. The third-order valence-corrected chi connectivity index (χ3v) is 3.53. The van der Waals surface area contributed by atoms with E-state index in [9.17, 15) is 9.50 Å². The molecule has 94 valence electrons. The highest BCUT2D eigenvalue weighted by atomic mass is 19.1. The van der Waals surface area contributed by atoms with Crippen molar-refractivity contribution < 1.29 is 14.2 Å². The first-order valence-corrected chi connectivity index (χ1v) is 5.89. The molecular weight excluding hydrogens is 221 g/mol. The Bertz CT molecular complexity index is 360. The van der Waals surface area contributed by atoms with Gasteiger partial charge in [0.25, 0.3) is 0 Å². The van der Waals surface area contributed by atoms with E-state index in [2.05, 4.69) is 0 Å². The van der Waals surface area contributed by atoms with Crippen LogP contribution < -0.4 is 5.73 Å². The number of ether oxygens (including phenoxy) is 1. The minimum Gasteiger partial charge on any atom is -0.388 e. The lowest BCUT2D eigenvalue weighted by molar-refractivity contribution is -0.0782. The third-order valence-electron chi connectivity index (χ3n) is 3.53. The summed E-state index contributed by atoms with van der Waals surface area (Å²) in [7, 11) is 0. The standard InChI is InChI=1S/C13H18FNO2/c14-11-4-2-10(3-5-11)12(16)13(8-15)6-1-7-17-9-13/h2-5,12,16H,1,6-9,15H2. The summed E-state index contributed by atoms with van der Waals surface area (Å²) in [6, 6.07) is 5.91. The van der Waals surface area contributed by atoms with Gasteiger partial charge >= 0.3 is 0 Å². The van der Waals surface area contributed by atoms with Crippen molar-refractivity contribution in [2.45, 2.75) is 18.9 Å². The summed E-state index contributed by atoms with van der Waals surface area (Å²) in [5.41, 5.74) is 6.05. The molecule has 2 atom stereocenters. The van der Waals surface area contributed by atoms with E-state index in [-0.39, 0.29) is 5.82 Å². The summed E-state index contributed by atoms with van der Waals surface area (Å²) in [6.45, 7) is 1.55. The highest BCUT2D eigenvalue weighted by molar-refractivity contribution is 5.21. The molecule has 0 radical (unpaired) electrons. The van der Waals surface area contributed by atoms with Crippen LogP contribution in [0.3, 0.4) is 0 Å². The molecule has 1 aromatic carbocycles. The summed E-state index contributed by atoms with van der Waals surface area (Å²) < 4.78 is 18.3. The van der Waals surface area contributed by atoms with Gasteiger partial charge in [-0.15, -0.1) is 0 Å². The number of aliphatic hydroxyl groups excluding tert-OH is 1. The molecule has 0 bridgehead atoms. The summed E-state index contributed by atoms with van der Waals surface area (Å²) >= 11 is 0. The maximum absolute atomic E-state index is 12.8. The van der Waals surface area contributed by atoms with Gasteiger partial charge in [-0.3, -0.25) is 0 Å². The predicted molar refractivity (Wildman–Crippen MR) is 62.9 cm³/mol. The lowest BCUT2D eigenvalue weighted by Gasteiger charge is -2.40. The van der Waals surface area contributed by atoms with E-state index in [1.54, 1.807) is 12.1 Å². The zero-order chi connectivity index (χ0) is 12.3. The summed E-state index contributed by atoms with van der Waals surface area (Å²) in [6.07, 6.45) is 1.03. The fourth-order valence-corrected chi connectivity index (χ4v) is 2.36. The van der Waals surface area contributed by atoms with Crippen molar-refractivity contribution in [3.05, 3.63) is 35.6 Å². The summed E-state index contributed by atoms with van der Waals surface area (Å²) in [5.74, 6) is -0.303. The Labute approximate surface area is 100 Å². The zero-order valence-corrected chi connectivity index (χ0v) is 9.73. The lowest BCUT2D eigenvalue weighted by atomic mass is 9.75. The van der Waals surface area contributed by atoms with E-state index < -0.39 is 11.5 Å². The maximum Gasteiger partial charge on any atom is 0.123 e. The van der Waals surface area contributed by atoms with Crippen molar-refractivity contribution in [1.29, 1.82) is 0 Å². The molecule has 17 heavy (non-hydrogen) atoms. The Balaban J connectivity index is 2.21. The molecule has 0 aliphatic carbocycles. The van der Waals surface area contributed by atoms with Crippen molar-refractivity contribution in [2.24, 2.45) is 11.1 Å². The molecule has 3 nitrogen and oxygen atoms in total. The number of benzene rings is 1. The number of nitrogens with two attached hydrogens (primary N) is 1. The monoisotopic (exact) mass is 239 g/mol. The van der Waals surface area contributed by atoms with Gasteiger partial charge in [-0.1, -0.05) is 12.1 Å². The molecule has 0 spiro atoms. The minimum atomic E-state index is -0.701. The average Bonchev–Trinajstić information content (AvgIpc) is 2.39. The van der Waals surface area contributed by atoms with Crippen molar-refractivity contribution in [2.75, 3.05) is 19.8 Å². The molecule has 1 aromatic rings. The summed E-state index contributed by atoms with van der Waals surface area (Å²) in [5, 5.41) is 10.4. The van der Waals surface area contributed by atoms with Gasteiger partial charge in [0, 0.05) is 18.6 Å². The average molecular weight is 239 g/mol. The van der Waals surface area contributed by atoms with Gasteiger partial charge < -0.3 is 15.6 Å². The molecule has 1 saturated heterocycles. The van der Waals surface area contributed by atoms with Gasteiger partial charge in [0.15, 0.2) is 0 Å². The first-order valence-electron chi connectivity index (χ1n) is 5.89. The molecule has 1 heterocycles. The van der Waals surface area contributed by atoms with E-state index in [0.29, 0.717) is 18.7 Å². The van der Waals surface area contributed by atoms with Crippen molar-refractivity contribution in [3.8, 4) is 0 Å². The molecule has 2 unspecified atom stereocenters. The van der Waals surface area contributed by atoms with Crippen LogP contribution in [0.15, 0.2) is 24.3 Å². The number of hydrogen-bond acceptors (Lipinski definition) is 3. The number of halogens is 1. The van der Waals surface area contributed by atoms with Crippen LogP contribution in [-0.4, -0.2) is 24.9 Å². The second-order valence-electron chi connectivity index (χ2n) is 4.68. The van der Waals surface area contributed by atoms with Crippen molar-refractivity contribution in [1.82, 2.24) is 0 Å². The maximum atomic E-state index is 12.8. The Morgan fingerprint density at radius 3 is 2.65 bits per heavy atom. The van der Waals surface area contributed by atoms with Gasteiger partial charge in [0.2, 0.25) is 0 Å². The van der Waals surface area contributed by atoms with Crippen LogP contribution >= 0.6 is 0 Å². The molecule has 0 aromatic heterocycles. The first-order chi connectivity index (χ1) is 8.18. The molecular formula is C13H18FNO2. The van der Waals surface area contributed by atoms with Crippen LogP contribution in [0.2, 0.25) is 0 Å². The van der Waals surface area contributed by atoms with Crippen LogP contribution in [0.1, 0.15) is 24.5 Å². The van der Waals surface area contributed by atoms with E-state index in [0.717, 1.165) is 19.4 Å². The van der Waals surface area contributed by atoms with E-state index >= 15 is 0 Å². The van der Waals surface area contributed by atoms with Crippen LogP contribution in [0, 0.1) is 11.2 Å². The van der Waals surface area contributed by atoms with Gasteiger partial charge in [-0.2, -0.15) is 0 Å². The predicted octanol–water partition coefficient (Wildman–Crippen LogP) is 1.61. The lowest BCUT2D eigenvalue weighted by Crippen LogP contribution is -2.43. The quantitative estimate of drug-likeness (QED) is 0.842. The van der Waals surface area contributed by atoms with E-state index in [1.807, 2.05) is 0 Å². The molecule has 0 saturated carbocycles. The number of rotatable bonds is 3. The Kier molecular flexibility index (Phi) is 3.76. The van der Waals surface area contributed by atoms with Gasteiger partial charge in [0.05, 0.1) is 12.7 Å². The second-order valence-corrected chi connectivity index (χ2v) is 4.68. The smallest absolute Gasteiger partial charge is 0.123 e. The van der Waals surface area contributed by atoms with Crippen LogP contribution in [0.25, 0.3) is 0 Å². The fourth-order valence-electron chi connectivity index (χ4n) is 2.36. The molecule has 4 heteroatoms. The van der Waals surface area contributed by atoms with Crippen molar-refractivity contribution in [3.63, 3.8) is 0 Å². The fraction of sp³-hybridized carbons (Fsp3) is 0.538. The molecule has 1 fully saturated rings. The van der Waals surface area contributed by atoms with Gasteiger partial charge in [0.1, 0.15) is 5.82 Å². The molecule has 1 aliphatic rings. The van der Waals surface area contributed by atoms with E-state index in [1.165, 1.54) is 12.1 Å². The second kappa shape index (κ2) is 5.12. The zero-order valence-electron chi connectivity index (χ0n) is 9.73.